The molecule has 1 aliphatic heterocycles. The van der Waals surface area contributed by atoms with Gasteiger partial charge >= 0.3 is 5.97 Å². The van der Waals surface area contributed by atoms with Gasteiger partial charge in [0.05, 0.1) is 5.41 Å². The Morgan fingerprint density at radius 2 is 1.79 bits per heavy atom. The molecule has 1 heterocycles. The number of halogens is 1. The minimum absolute atomic E-state index is 0.200. The van der Waals surface area contributed by atoms with Crippen molar-refractivity contribution in [3.63, 3.8) is 0 Å². The van der Waals surface area contributed by atoms with Crippen LogP contribution in [0.4, 0.5) is 0 Å². The van der Waals surface area contributed by atoms with E-state index in [1.54, 1.807) is 0 Å². The summed E-state index contributed by atoms with van der Waals surface area (Å²) < 4.78 is 11.5. The summed E-state index contributed by atoms with van der Waals surface area (Å²) in [6.45, 7) is 0.200. The minimum atomic E-state index is -0.794. The summed E-state index contributed by atoms with van der Waals surface area (Å²) >= 11 is 3.49. The van der Waals surface area contributed by atoms with E-state index in [0.717, 1.165) is 29.3 Å². The van der Waals surface area contributed by atoms with Crippen LogP contribution in [-0.4, -0.2) is 17.9 Å². The second kappa shape index (κ2) is 4.71. The van der Waals surface area contributed by atoms with E-state index in [1.807, 2.05) is 12.1 Å². The van der Waals surface area contributed by atoms with Gasteiger partial charge in [0.1, 0.15) is 0 Å². The predicted octanol–water partition coefficient (Wildman–Crippen LogP) is 3.46. The van der Waals surface area contributed by atoms with Crippen LogP contribution in [0.3, 0.4) is 0 Å². The number of carboxylic acid groups (broad SMARTS) is 1. The molecule has 0 amide bonds. The van der Waals surface area contributed by atoms with Crippen molar-refractivity contribution in [3.05, 3.63) is 22.2 Å². The molecule has 0 atom stereocenters. The number of hydrogen-bond donors (Lipinski definition) is 1. The van der Waals surface area contributed by atoms with Gasteiger partial charge in [-0.3, -0.25) is 4.79 Å². The second-order valence-corrected chi connectivity index (χ2v) is 5.99. The fraction of sp³-hybridized carbons (Fsp3) is 0.500. The first-order valence-corrected chi connectivity index (χ1v) is 7.26. The van der Waals surface area contributed by atoms with Gasteiger partial charge in [-0.05, 0) is 30.5 Å². The average molecular weight is 327 g/mol. The Morgan fingerprint density at radius 3 is 2.42 bits per heavy atom. The topological polar surface area (TPSA) is 55.8 Å². The highest BCUT2D eigenvalue weighted by Gasteiger charge is 2.43. The monoisotopic (exact) mass is 326 g/mol. The van der Waals surface area contributed by atoms with E-state index in [4.69, 9.17) is 9.47 Å². The molecule has 1 aliphatic carbocycles. The van der Waals surface area contributed by atoms with E-state index in [-0.39, 0.29) is 6.79 Å². The Hall–Kier alpha value is -1.23. The number of ether oxygens (including phenoxy) is 2. The van der Waals surface area contributed by atoms with E-state index < -0.39 is 11.4 Å². The first-order valence-electron chi connectivity index (χ1n) is 6.46. The van der Waals surface area contributed by atoms with Gasteiger partial charge in [-0.2, -0.15) is 0 Å². The Kier molecular flexibility index (Phi) is 3.17. The predicted molar refractivity (Wildman–Crippen MR) is 72.7 cm³/mol. The van der Waals surface area contributed by atoms with E-state index >= 15 is 0 Å². The highest BCUT2D eigenvalue weighted by atomic mass is 79.9. The first kappa shape index (κ1) is 12.8. The van der Waals surface area contributed by atoms with Crippen molar-refractivity contribution in [2.45, 2.75) is 37.5 Å². The van der Waals surface area contributed by atoms with E-state index in [0.29, 0.717) is 24.3 Å². The number of fused-ring (bicyclic) bond motifs is 1. The van der Waals surface area contributed by atoms with Gasteiger partial charge in [0.25, 0.3) is 0 Å². The third kappa shape index (κ3) is 2.00. The Balaban J connectivity index is 2.10. The summed E-state index contributed by atoms with van der Waals surface area (Å²) in [6, 6.07) is 3.64. The molecule has 0 spiro atoms. The molecule has 1 saturated carbocycles. The lowest BCUT2D eigenvalue weighted by molar-refractivity contribution is -0.145. The van der Waals surface area contributed by atoms with Gasteiger partial charge in [-0.25, -0.2) is 0 Å². The quantitative estimate of drug-likeness (QED) is 0.904. The number of carbonyl (C=O) groups is 1. The average Bonchev–Trinajstić information content (AvgIpc) is 2.85. The summed E-state index contributed by atoms with van der Waals surface area (Å²) in [5.74, 6) is 0.572. The Morgan fingerprint density at radius 1 is 1.16 bits per heavy atom. The van der Waals surface area contributed by atoms with Crippen LogP contribution in [0.25, 0.3) is 0 Å². The Labute approximate surface area is 119 Å². The second-order valence-electron chi connectivity index (χ2n) is 5.13. The maximum Gasteiger partial charge on any atom is 0.314 e. The molecule has 0 bridgehead atoms. The van der Waals surface area contributed by atoms with E-state index in [1.165, 1.54) is 0 Å². The molecule has 102 valence electrons. The standard InChI is InChI=1S/C14H15BrO4/c15-10-7-12-11(18-8-19-12)6-9(10)14(13(16)17)4-2-1-3-5-14/h6-7H,1-5,8H2,(H,16,17). The maximum absolute atomic E-state index is 11.8. The molecule has 1 N–H and O–H groups in total. The molecule has 19 heavy (non-hydrogen) atoms. The number of hydrogen-bond acceptors (Lipinski definition) is 3. The first-order chi connectivity index (χ1) is 9.13. The highest BCUT2D eigenvalue weighted by Crippen LogP contribution is 2.47. The van der Waals surface area contributed by atoms with E-state index in [9.17, 15) is 9.90 Å². The smallest absolute Gasteiger partial charge is 0.314 e. The molecule has 2 aliphatic rings. The van der Waals surface area contributed by atoms with Crippen LogP contribution in [0.15, 0.2) is 16.6 Å². The van der Waals surface area contributed by atoms with Crippen LogP contribution >= 0.6 is 15.9 Å². The lowest BCUT2D eigenvalue weighted by Gasteiger charge is -2.34. The van der Waals surface area contributed by atoms with Gasteiger partial charge in [0.15, 0.2) is 11.5 Å². The largest absolute Gasteiger partial charge is 0.481 e. The molecular weight excluding hydrogens is 312 g/mol. The van der Waals surface area contributed by atoms with Crippen LogP contribution in [0.5, 0.6) is 11.5 Å². The normalized spacial score (nSPS) is 20.3. The van der Waals surface area contributed by atoms with Gasteiger partial charge in [0.2, 0.25) is 6.79 Å². The maximum atomic E-state index is 11.8. The molecule has 3 rings (SSSR count). The lowest BCUT2D eigenvalue weighted by Crippen LogP contribution is -2.38. The van der Waals surface area contributed by atoms with Crippen LogP contribution in [0.1, 0.15) is 37.7 Å². The molecule has 1 aromatic carbocycles. The molecule has 1 aromatic rings. The lowest BCUT2D eigenvalue weighted by atomic mass is 9.69. The highest BCUT2D eigenvalue weighted by molar-refractivity contribution is 9.10. The number of aliphatic carboxylic acids is 1. The van der Waals surface area contributed by atoms with Gasteiger partial charge in [-0.1, -0.05) is 35.2 Å². The van der Waals surface area contributed by atoms with Crippen molar-refractivity contribution in [2.75, 3.05) is 6.79 Å². The summed E-state index contributed by atoms with van der Waals surface area (Å²) in [4.78, 5) is 11.8. The van der Waals surface area contributed by atoms with Crippen LogP contribution < -0.4 is 9.47 Å². The number of rotatable bonds is 2. The third-order valence-corrected chi connectivity index (χ3v) is 4.75. The van der Waals surface area contributed by atoms with E-state index in [2.05, 4.69) is 15.9 Å². The molecule has 0 aromatic heterocycles. The van der Waals surface area contributed by atoms with Crippen molar-refractivity contribution in [2.24, 2.45) is 0 Å². The summed E-state index contributed by atoms with van der Waals surface area (Å²) in [7, 11) is 0. The number of benzene rings is 1. The van der Waals surface area contributed by atoms with Crippen LogP contribution in [0.2, 0.25) is 0 Å². The molecule has 4 nitrogen and oxygen atoms in total. The summed E-state index contributed by atoms with van der Waals surface area (Å²) in [5.41, 5.74) is 0.0156. The van der Waals surface area contributed by atoms with Crippen LogP contribution in [-0.2, 0) is 10.2 Å². The van der Waals surface area contributed by atoms with Crippen molar-refractivity contribution in [1.29, 1.82) is 0 Å². The van der Waals surface area contributed by atoms with Crippen molar-refractivity contribution in [1.82, 2.24) is 0 Å². The minimum Gasteiger partial charge on any atom is -0.481 e. The SMILES string of the molecule is O=C(O)C1(c2cc3c(cc2Br)OCO3)CCCCC1. The fourth-order valence-electron chi connectivity index (χ4n) is 3.04. The zero-order chi connectivity index (χ0) is 13.5. The van der Waals surface area contributed by atoms with Crippen molar-refractivity contribution in [3.8, 4) is 11.5 Å². The van der Waals surface area contributed by atoms with Gasteiger partial charge in [-0.15, -0.1) is 0 Å². The Bertz CT molecular complexity index is 520. The van der Waals surface area contributed by atoms with Crippen molar-refractivity contribution < 1.29 is 19.4 Å². The van der Waals surface area contributed by atoms with Gasteiger partial charge < -0.3 is 14.6 Å². The summed E-state index contributed by atoms with van der Waals surface area (Å²) in [5, 5.41) is 9.72. The fourth-order valence-corrected chi connectivity index (χ4v) is 3.74. The van der Waals surface area contributed by atoms with Gasteiger partial charge in [0, 0.05) is 4.47 Å². The van der Waals surface area contributed by atoms with Crippen LogP contribution in [0, 0.1) is 0 Å². The zero-order valence-corrected chi connectivity index (χ0v) is 12.0. The molecule has 0 saturated heterocycles. The molecule has 0 unspecified atom stereocenters. The molecule has 0 radical (unpaired) electrons. The molecule has 5 heteroatoms. The summed E-state index contributed by atoms with van der Waals surface area (Å²) in [6.07, 6.45) is 4.37. The number of carboxylic acids is 1. The third-order valence-electron chi connectivity index (χ3n) is 4.09. The zero-order valence-electron chi connectivity index (χ0n) is 10.4. The van der Waals surface area contributed by atoms with Crippen molar-refractivity contribution >= 4 is 21.9 Å². The molecule has 1 fully saturated rings. The molecular formula is C14H15BrO4.